The van der Waals surface area contributed by atoms with Crippen molar-refractivity contribution in [2.24, 2.45) is 11.3 Å². The molecule has 1 aliphatic carbocycles. The lowest BCUT2D eigenvalue weighted by Gasteiger charge is -2.42. The summed E-state index contributed by atoms with van der Waals surface area (Å²) in [7, 11) is 0. The third kappa shape index (κ3) is 3.31. The van der Waals surface area contributed by atoms with Gasteiger partial charge < -0.3 is 4.90 Å². The monoisotopic (exact) mass is 266 g/mol. The van der Waals surface area contributed by atoms with Gasteiger partial charge in [0.2, 0.25) is 5.91 Å². The molecule has 1 amide bonds. The highest BCUT2D eigenvalue weighted by molar-refractivity contribution is 5.84. The van der Waals surface area contributed by atoms with Crippen LogP contribution in [0, 0.1) is 11.3 Å². The number of hydrogen-bond donors (Lipinski definition) is 1. The molecule has 2 atom stereocenters. The topological polar surface area (TPSA) is 32.3 Å². The number of hydrogen-bond acceptors (Lipinski definition) is 2. The Kier molecular flexibility index (Phi) is 4.54. The van der Waals surface area contributed by atoms with Crippen LogP contribution < -0.4 is 5.32 Å². The van der Waals surface area contributed by atoms with E-state index in [4.69, 9.17) is 0 Å². The van der Waals surface area contributed by atoms with Gasteiger partial charge in [-0.1, -0.05) is 40.5 Å². The van der Waals surface area contributed by atoms with Crippen LogP contribution in [-0.4, -0.2) is 29.6 Å². The Morgan fingerprint density at radius 1 is 1.42 bits per heavy atom. The lowest BCUT2D eigenvalue weighted by Crippen LogP contribution is -2.46. The molecule has 0 aromatic heterocycles. The van der Waals surface area contributed by atoms with E-state index in [2.05, 4.69) is 37.9 Å². The van der Waals surface area contributed by atoms with Gasteiger partial charge in [0.25, 0.3) is 0 Å². The molecule has 0 aromatic rings. The van der Waals surface area contributed by atoms with Crippen LogP contribution >= 0.6 is 0 Å². The average Bonchev–Trinajstić information content (AvgIpc) is 2.55. The number of rotatable bonds is 6. The van der Waals surface area contributed by atoms with Crippen LogP contribution in [0.5, 0.6) is 0 Å². The van der Waals surface area contributed by atoms with Crippen molar-refractivity contribution >= 4 is 5.91 Å². The Balaban J connectivity index is 2.02. The fraction of sp³-hybridized carbons (Fsp3) is 0.938. The molecule has 110 valence electrons. The standard InChI is InChI=1S/C16H30N2O/c1-5-7-14-17-13(10-12(2)3)15(19)18(14)11-16(4)8-6-9-16/h12-14,17H,5-11H2,1-4H3. The van der Waals surface area contributed by atoms with Gasteiger partial charge in [0.1, 0.15) is 0 Å². The molecule has 1 saturated heterocycles. The van der Waals surface area contributed by atoms with Crippen LogP contribution in [0.4, 0.5) is 0 Å². The fourth-order valence-electron chi connectivity index (χ4n) is 3.44. The van der Waals surface area contributed by atoms with Crippen LogP contribution in [0.1, 0.15) is 66.2 Å². The van der Waals surface area contributed by atoms with E-state index in [1.165, 1.54) is 19.3 Å². The first-order valence-electron chi connectivity index (χ1n) is 8.02. The molecule has 1 heterocycles. The van der Waals surface area contributed by atoms with E-state index in [1.807, 2.05) is 0 Å². The van der Waals surface area contributed by atoms with Crippen molar-refractivity contribution in [1.82, 2.24) is 10.2 Å². The van der Waals surface area contributed by atoms with Crippen molar-refractivity contribution < 1.29 is 4.79 Å². The maximum atomic E-state index is 12.6. The van der Waals surface area contributed by atoms with Crippen LogP contribution in [0.2, 0.25) is 0 Å². The third-order valence-corrected chi connectivity index (χ3v) is 4.73. The summed E-state index contributed by atoms with van der Waals surface area (Å²) >= 11 is 0. The molecule has 0 aromatic carbocycles. The summed E-state index contributed by atoms with van der Waals surface area (Å²) in [5, 5.41) is 3.57. The van der Waals surface area contributed by atoms with Crippen molar-refractivity contribution in [2.45, 2.75) is 78.4 Å². The van der Waals surface area contributed by atoms with Crippen molar-refractivity contribution in [3.8, 4) is 0 Å². The molecule has 2 fully saturated rings. The van der Waals surface area contributed by atoms with E-state index in [0.29, 0.717) is 17.2 Å². The molecule has 19 heavy (non-hydrogen) atoms. The van der Waals surface area contributed by atoms with E-state index < -0.39 is 0 Å². The van der Waals surface area contributed by atoms with E-state index >= 15 is 0 Å². The SMILES string of the molecule is CCCC1NC(CC(C)C)C(=O)N1CC1(C)CCC1. The molecule has 0 spiro atoms. The first-order chi connectivity index (χ1) is 8.95. The second-order valence-electron chi connectivity index (χ2n) is 7.28. The van der Waals surface area contributed by atoms with Gasteiger partial charge in [-0.05, 0) is 37.0 Å². The van der Waals surface area contributed by atoms with Crippen LogP contribution in [0.15, 0.2) is 0 Å². The maximum Gasteiger partial charge on any atom is 0.241 e. The summed E-state index contributed by atoms with van der Waals surface area (Å²) in [6.45, 7) is 9.88. The van der Waals surface area contributed by atoms with E-state index in [0.717, 1.165) is 25.8 Å². The summed E-state index contributed by atoms with van der Waals surface area (Å²) in [6.07, 6.45) is 7.35. The quantitative estimate of drug-likeness (QED) is 0.801. The van der Waals surface area contributed by atoms with Gasteiger partial charge in [-0.2, -0.15) is 0 Å². The molecule has 0 bridgehead atoms. The average molecular weight is 266 g/mol. The molecule has 1 saturated carbocycles. The minimum atomic E-state index is 0.0558. The molecule has 1 N–H and O–H groups in total. The number of amides is 1. The Morgan fingerprint density at radius 2 is 2.11 bits per heavy atom. The van der Waals surface area contributed by atoms with Crippen molar-refractivity contribution in [3.63, 3.8) is 0 Å². The van der Waals surface area contributed by atoms with Gasteiger partial charge in [0, 0.05) is 6.54 Å². The maximum absolute atomic E-state index is 12.6. The molecule has 2 aliphatic rings. The highest BCUT2D eigenvalue weighted by Gasteiger charge is 2.43. The van der Waals surface area contributed by atoms with Gasteiger partial charge >= 0.3 is 0 Å². The lowest BCUT2D eigenvalue weighted by molar-refractivity contribution is -0.132. The van der Waals surface area contributed by atoms with Crippen LogP contribution in [0.25, 0.3) is 0 Å². The second-order valence-corrected chi connectivity index (χ2v) is 7.28. The molecule has 1 aliphatic heterocycles. The molecular weight excluding hydrogens is 236 g/mol. The number of nitrogens with zero attached hydrogens (tertiary/aromatic N) is 1. The van der Waals surface area contributed by atoms with Crippen molar-refractivity contribution in [2.75, 3.05) is 6.54 Å². The van der Waals surface area contributed by atoms with Gasteiger partial charge in [-0.3, -0.25) is 10.1 Å². The zero-order valence-corrected chi connectivity index (χ0v) is 13.0. The Bertz CT molecular complexity index is 323. The van der Waals surface area contributed by atoms with Crippen LogP contribution in [-0.2, 0) is 4.79 Å². The van der Waals surface area contributed by atoms with Crippen molar-refractivity contribution in [3.05, 3.63) is 0 Å². The third-order valence-electron chi connectivity index (χ3n) is 4.73. The number of carbonyl (C=O) groups is 1. The number of nitrogens with one attached hydrogen (secondary N) is 1. The zero-order chi connectivity index (χ0) is 14.0. The molecule has 3 heteroatoms. The van der Waals surface area contributed by atoms with Gasteiger partial charge in [-0.15, -0.1) is 0 Å². The summed E-state index contributed by atoms with van der Waals surface area (Å²) in [6, 6.07) is 0.0558. The first kappa shape index (κ1) is 14.8. The predicted octanol–water partition coefficient (Wildman–Crippen LogP) is 3.15. The predicted molar refractivity (Wildman–Crippen MR) is 78.7 cm³/mol. The molecule has 0 radical (unpaired) electrons. The van der Waals surface area contributed by atoms with E-state index in [1.54, 1.807) is 0 Å². The van der Waals surface area contributed by atoms with Crippen LogP contribution in [0.3, 0.4) is 0 Å². The molecule has 3 nitrogen and oxygen atoms in total. The Morgan fingerprint density at radius 3 is 2.58 bits per heavy atom. The van der Waals surface area contributed by atoms with Crippen molar-refractivity contribution in [1.29, 1.82) is 0 Å². The van der Waals surface area contributed by atoms with Gasteiger partial charge in [-0.25, -0.2) is 0 Å². The summed E-state index contributed by atoms with van der Waals surface area (Å²) in [4.78, 5) is 14.8. The van der Waals surface area contributed by atoms with Gasteiger partial charge in [0.05, 0.1) is 12.2 Å². The smallest absolute Gasteiger partial charge is 0.241 e. The van der Waals surface area contributed by atoms with E-state index in [9.17, 15) is 4.79 Å². The largest absolute Gasteiger partial charge is 0.325 e. The fourth-order valence-corrected chi connectivity index (χ4v) is 3.44. The van der Waals surface area contributed by atoms with Gasteiger partial charge in [0.15, 0.2) is 0 Å². The van der Waals surface area contributed by atoms with E-state index in [-0.39, 0.29) is 12.2 Å². The molecule has 2 unspecified atom stereocenters. The highest BCUT2D eigenvalue weighted by atomic mass is 16.2. The summed E-state index contributed by atoms with van der Waals surface area (Å²) in [5.41, 5.74) is 0.385. The number of carbonyl (C=O) groups excluding carboxylic acids is 1. The highest BCUT2D eigenvalue weighted by Crippen LogP contribution is 2.42. The Labute approximate surface area is 118 Å². The summed E-state index contributed by atoms with van der Waals surface area (Å²) in [5.74, 6) is 0.920. The second kappa shape index (κ2) is 5.82. The minimum Gasteiger partial charge on any atom is -0.325 e. The lowest BCUT2D eigenvalue weighted by atomic mass is 9.70. The minimum absolute atomic E-state index is 0.0558. The molecular formula is C16H30N2O. The normalized spacial score (nSPS) is 29.9. The summed E-state index contributed by atoms with van der Waals surface area (Å²) < 4.78 is 0. The molecule has 2 rings (SSSR count). The Hall–Kier alpha value is -0.570. The first-order valence-corrected chi connectivity index (χ1v) is 8.02. The zero-order valence-electron chi connectivity index (χ0n) is 13.0.